The van der Waals surface area contributed by atoms with Crippen LogP contribution in [0.25, 0.3) is 0 Å². The van der Waals surface area contributed by atoms with E-state index in [0.717, 1.165) is 51.4 Å². The number of piperidine rings is 1. The predicted molar refractivity (Wildman–Crippen MR) is 94.2 cm³/mol. The Morgan fingerprint density at radius 1 is 1.33 bits per heavy atom. The Kier molecular flexibility index (Phi) is 6.05. The summed E-state index contributed by atoms with van der Waals surface area (Å²) < 4.78 is 43.6. The molecule has 0 bridgehead atoms. The number of nitrogens with one attached hydrogen (secondary N) is 1. The minimum atomic E-state index is -4.41. The van der Waals surface area contributed by atoms with E-state index in [1.165, 1.54) is 6.07 Å². The van der Waals surface area contributed by atoms with Crippen LogP contribution < -0.4 is 5.32 Å². The van der Waals surface area contributed by atoms with E-state index in [1.54, 1.807) is 13.2 Å². The third-order valence-corrected chi connectivity index (χ3v) is 5.54. The summed E-state index contributed by atoms with van der Waals surface area (Å²) >= 11 is 0. The molecule has 5 nitrogen and oxygen atoms in total. The zero-order valence-corrected chi connectivity index (χ0v) is 15.5. The fourth-order valence-corrected chi connectivity index (χ4v) is 3.67. The molecule has 2 fully saturated rings. The number of carbonyl (C=O) groups is 1. The number of aromatic nitrogens is 1. The number of pyridine rings is 1. The van der Waals surface area contributed by atoms with Crippen LogP contribution in [0.2, 0.25) is 0 Å². The van der Waals surface area contributed by atoms with E-state index in [4.69, 9.17) is 4.74 Å². The van der Waals surface area contributed by atoms with Crippen molar-refractivity contribution in [1.29, 1.82) is 0 Å². The Hall–Kier alpha value is -1.67. The van der Waals surface area contributed by atoms with Gasteiger partial charge in [-0.3, -0.25) is 4.79 Å². The van der Waals surface area contributed by atoms with Gasteiger partial charge in [0, 0.05) is 31.8 Å². The maximum absolute atomic E-state index is 12.8. The summed E-state index contributed by atoms with van der Waals surface area (Å²) in [5.41, 5.74) is -0.625. The second-order valence-corrected chi connectivity index (χ2v) is 7.53. The summed E-state index contributed by atoms with van der Waals surface area (Å²) in [6.07, 6.45) is -1.10. The number of halogens is 3. The van der Waals surface area contributed by atoms with Crippen molar-refractivity contribution in [3.8, 4) is 0 Å². The quantitative estimate of drug-likeness (QED) is 0.784. The lowest BCUT2D eigenvalue weighted by Gasteiger charge is -2.32. The lowest BCUT2D eigenvalue weighted by atomic mass is 9.93. The van der Waals surface area contributed by atoms with Gasteiger partial charge in [-0.15, -0.1) is 0 Å². The molecule has 1 aliphatic heterocycles. The molecular weight excluding hydrogens is 359 g/mol. The molecule has 2 heterocycles. The van der Waals surface area contributed by atoms with Crippen molar-refractivity contribution < 1.29 is 22.7 Å². The van der Waals surface area contributed by atoms with Crippen LogP contribution >= 0.6 is 0 Å². The molecule has 0 aromatic carbocycles. The summed E-state index contributed by atoms with van der Waals surface area (Å²) in [6.45, 7) is 3.38. The summed E-state index contributed by atoms with van der Waals surface area (Å²) in [5.74, 6) is 0.113. The van der Waals surface area contributed by atoms with Crippen LogP contribution in [-0.4, -0.2) is 55.7 Å². The topological polar surface area (TPSA) is 54.5 Å². The van der Waals surface area contributed by atoms with Crippen LogP contribution in [-0.2, 0) is 15.7 Å². The van der Waals surface area contributed by atoms with Gasteiger partial charge in [-0.2, -0.15) is 13.2 Å². The van der Waals surface area contributed by atoms with Gasteiger partial charge in [0.25, 0.3) is 0 Å². The highest BCUT2D eigenvalue weighted by atomic mass is 19.4. The largest absolute Gasteiger partial charge is 0.433 e. The molecule has 1 saturated carbocycles. The van der Waals surface area contributed by atoms with Crippen LogP contribution in [0.5, 0.6) is 0 Å². The summed E-state index contributed by atoms with van der Waals surface area (Å²) in [4.78, 5) is 18.3. The van der Waals surface area contributed by atoms with Gasteiger partial charge in [-0.25, -0.2) is 4.98 Å². The van der Waals surface area contributed by atoms with Crippen LogP contribution in [0.15, 0.2) is 18.2 Å². The smallest absolute Gasteiger partial charge is 0.384 e. The van der Waals surface area contributed by atoms with Crippen molar-refractivity contribution in [3.63, 3.8) is 0 Å². The molecule has 150 valence electrons. The van der Waals surface area contributed by atoms with Gasteiger partial charge in [0.2, 0.25) is 5.91 Å². The number of amides is 1. The van der Waals surface area contributed by atoms with E-state index in [1.807, 2.05) is 0 Å². The number of hydrogen-bond acceptors (Lipinski definition) is 4. The number of ether oxygens (including phenoxy) is 1. The number of hydrogen-bond donors (Lipinski definition) is 1. The second-order valence-electron chi connectivity index (χ2n) is 7.53. The van der Waals surface area contributed by atoms with E-state index < -0.39 is 11.9 Å². The Morgan fingerprint density at radius 3 is 2.63 bits per heavy atom. The Labute approximate surface area is 157 Å². The average molecular weight is 385 g/mol. The number of rotatable bonds is 7. The van der Waals surface area contributed by atoms with Gasteiger partial charge in [-0.05, 0) is 50.9 Å². The number of alkyl halides is 3. The summed E-state index contributed by atoms with van der Waals surface area (Å²) in [6, 6.07) is 4.12. The van der Waals surface area contributed by atoms with E-state index in [-0.39, 0.29) is 17.2 Å². The normalized spacial score (nSPS) is 20.4. The molecule has 2 aliphatic rings. The van der Waals surface area contributed by atoms with Crippen molar-refractivity contribution in [2.24, 2.45) is 5.41 Å². The monoisotopic (exact) mass is 385 g/mol. The van der Waals surface area contributed by atoms with Gasteiger partial charge in [0.1, 0.15) is 5.69 Å². The highest BCUT2D eigenvalue weighted by Crippen LogP contribution is 2.45. The SMILES string of the molecule is COCC1(C(=O)NCCN2CCC(c3cccc(C(F)(F)F)n3)CC2)CC1. The summed E-state index contributed by atoms with van der Waals surface area (Å²) in [7, 11) is 1.61. The third kappa shape index (κ3) is 4.99. The highest BCUT2D eigenvalue weighted by Gasteiger charge is 2.49. The number of carbonyl (C=O) groups excluding carboxylic acids is 1. The first-order valence-electron chi connectivity index (χ1n) is 9.38. The first kappa shape index (κ1) is 20.1. The van der Waals surface area contributed by atoms with Crippen LogP contribution in [0.3, 0.4) is 0 Å². The van der Waals surface area contributed by atoms with Crippen LogP contribution in [0.4, 0.5) is 13.2 Å². The molecule has 1 saturated heterocycles. The van der Waals surface area contributed by atoms with Gasteiger partial charge >= 0.3 is 6.18 Å². The lowest BCUT2D eigenvalue weighted by molar-refractivity contribution is -0.141. The van der Waals surface area contributed by atoms with Gasteiger partial charge < -0.3 is 15.0 Å². The van der Waals surface area contributed by atoms with E-state index in [2.05, 4.69) is 15.2 Å². The van der Waals surface area contributed by atoms with Crippen molar-refractivity contribution in [2.45, 2.75) is 37.8 Å². The van der Waals surface area contributed by atoms with E-state index >= 15 is 0 Å². The van der Waals surface area contributed by atoms with Gasteiger partial charge in [0.05, 0.1) is 12.0 Å². The van der Waals surface area contributed by atoms with Gasteiger partial charge in [-0.1, -0.05) is 6.07 Å². The van der Waals surface area contributed by atoms with E-state index in [0.29, 0.717) is 18.8 Å². The highest BCUT2D eigenvalue weighted by molar-refractivity contribution is 5.85. The summed E-state index contributed by atoms with van der Waals surface area (Å²) in [5, 5.41) is 2.99. The number of methoxy groups -OCH3 is 1. The van der Waals surface area contributed by atoms with Crippen molar-refractivity contribution in [2.75, 3.05) is 39.9 Å². The molecule has 1 aromatic rings. The van der Waals surface area contributed by atoms with Crippen molar-refractivity contribution in [1.82, 2.24) is 15.2 Å². The maximum Gasteiger partial charge on any atom is 0.433 e. The molecule has 0 unspecified atom stereocenters. The van der Waals surface area contributed by atoms with Crippen LogP contribution in [0.1, 0.15) is 43.0 Å². The first-order valence-corrected chi connectivity index (χ1v) is 9.38. The average Bonchev–Trinajstić information content (AvgIpc) is 3.43. The molecule has 0 spiro atoms. The van der Waals surface area contributed by atoms with E-state index in [9.17, 15) is 18.0 Å². The molecule has 27 heavy (non-hydrogen) atoms. The maximum atomic E-state index is 12.8. The second kappa shape index (κ2) is 8.14. The van der Waals surface area contributed by atoms with Crippen molar-refractivity contribution in [3.05, 3.63) is 29.6 Å². The minimum Gasteiger partial charge on any atom is -0.384 e. The third-order valence-electron chi connectivity index (χ3n) is 5.54. The van der Waals surface area contributed by atoms with Crippen molar-refractivity contribution >= 4 is 5.91 Å². The Morgan fingerprint density at radius 2 is 2.04 bits per heavy atom. The molecule has 1 N–H and O–H groups in total. The first-order chi connectivity index (χ1) is 12.8. The lowest BCUT2D eigenvalue weighted by Crippen LogP contribution is -2.42. The standard InChI is InChI=1S/C19H26F3N3O2/c1-27-13-18(7-8-18)17(26)23-9-12-25-10-5-14(6-11-25)15-3-2-4-16(24-15)19(20,21)22/h2-4,14H,5-13H2,1H3,(H,23,26). The minimum absolute atomic E-state index is 0.0505. The molecular formula is C19H26F3N3O2. The Bertz CT molecular complexity index is 654. The molecule has 1 aliphatic carbocycles. The zero-order valence-electron chi connectivity index (χ0n) is 15.5. The molecule has 1 amide bonds. The molecule has 3 rings (SSSR count). The molecule has 0 radical (unpaired) electrons. The van der Waals surface area contributed by atoms with Crippen LogP contribution in [0, 0.1) is 5.41 Å². The number of nitrogens with zero attached hydrogens (tertiary/aromatic N) is 2. The number of likely N-dealkylation sites (tertiary alicyclic amines) is 1. The molecule has 8 heteroatoms. The van der Waals surface area contributed by atoms with Gasteiger partial charge in [0.15, 0.2) is 0 Å². The molecule has 1 aromatic heterocycles. The zero-order chi connectivity index (χ0) is 19.5. The predicted octanol–water partition coefficient (Wildman–Crippen LogP) is 2.82. The molecule has 0 atom stereocenters. The fourth-order valence-electron chi connectivity index (χ4n) is 3.67. The Balaban J connectivity index is 1.42. The fraction of sp³-hybridized carbons (Fsp3) is 0.684.